The van der Waals surface area contributed by atoms with E-state index in [1.54, 1.807) is 4.90 Å². The van der Waals surface area contributed by atoms with Gasteiger partial charge in [-0.1, -0.05) is 17.7 Å². The Hall–Kier alpha value is -2.28. The van der Waals surface area contributed by atoms with Gasteiger partial charge in [0.25, 0.3) is 0 Å². The van der Waals surface area contributed by atoms with Gasteiger partial charge in [-0.15, -0.1) is 0 Å². The number of oxazole rings is 1. The Morgan fingerprint density at radius 1 is 1.35 bits per heavy atom. The van der Waals surface area contributed by atoms with Gasteiger partial charge < -0.3 is 9.32 Å². The number of nitriles is 1. The smallest absolute Gasteiger partial charge is 0.234 e. The Morgan fingerprint density at radius 2 is 2.12 bits per heavy atom. The first-order chi connectivity index (χ1) is 8.11. The van der Waals surface area contributed by atoms with Crippen LogP contribution in [0.25, 0.3) is 11.5 Å². The van der Waals surface area contributed by atoms with Crippen molar-refractivity contribution in [2.75, 3.05) is 19.0 Å². The maximum absolute atomic E-state index is 8.98. The first kappa shape index (κ1) is 11.2. The summed E-state index contributed by atoms with van der Waals surface area (Å²) in [5.41, 5.74) is 2.33. The molecule has 0 N–H and O–H groups in total. The van der Waals surface area contributed by atoms with Crippen molar-refractivity contribution < 1.29 is 4.42 Å². The summed E-state index contributed by atoms with van der Waals surface area (Å²) < 4.78 is 5.60. The van der Waals surface area contributed by atoms with Gasteiger partial charge >= 0.3 is 0 Å². The summed E-state index contributed by atoms with van der Waals surface area (Å²) >= 11 is 0. The molecule has 0 saturated carbocycles. The predicted octanol–water partition coefficient (Wildman–Crippen LogP) is 2.59. The van der Waals surface area contributed by atoms with Crippen molar-refractivity contribution >= 4 is 5.88 Å². The Kier molecular flexibility index (Phi) is 2.84. The lowest BCUT2D eigenvalue weighted by Gasteiger charge is -2.06. The van der Waals surface area contributed by atoms with E-state index in [1.807, 2.05) is 51.4 Å². The second-order valence-corrected chi connectivity index (χ2v) is 4.05. The van der Waals surface area contributed by atoms with E-state index < -0.39 is 0 Å². The number of aryl methyl sites for hydroxylation is 1. The summed E-state index contributed by atoms with van der Waals surface area (Å²) in [5, 5.41) is 8.98. The summed E-state index contributed by atoms with van der Waals surface area (Å²) in [7, 11) is 3.64. The summed E-state index contributed by atoms with van der Waals surface area (Å²) in [6.07, 6.45) is 0. The maximum Gasteiger partial charge on any atom is 0.234 e. The molecular formula is C13H13N3O. The standard InChI is InChI=1S/C13H13N3O/c1-9-5-4-6-10(7-9)12-15-11(8-14)13(17-12)16(2)3/h4-7H,1-3H3. The molecule has 0 unspecified atom stereocenters. The van der Waals surface area contributed by atoms with Crippen LogP contribution in [-0.4, -0.2) is 19.1 Å². The molecular weight excluding hydrogens is 214 g/mol. The quantitative estimate of drug-likeness (QED) is 0.791. The lowest BCUT2D eigenvalue weighted by Crippen LogP contribution is -2.08. The highest BCUT2D eigenvalue weighted by Crippen LogP contribution is 2.27. The fourth-order valence-corrected chi connectivity index (χ4v) is 1.59. The lowest BCUT2D eigenvalue weighted by molar-refractivity contribution is 0.571. The minimum atomic E-state index is 0.312. The van der Waals surface area contributed by atoms with Gasteiger partial charge in [0.05, 0.1) is 0 Å². The van der Waals surface area contributed by atoms with Gasteiger partial charge in [-0.3, -0.25) is 0 Å². The zero-order chi connectivity index (χ0) is 12.4. The van der Waals surface area contributed by atoms with Crippen LogP contribution < -0.4 is 4.90 Å². The number of nitrogens with zero attached hydrogens (tertiary/aromatic N) is 3. The van der Waals surface area contributed by atoms with Crippen molar-refractivity contribution in [3.8, 4) is 17.5 Å². The molecule has 0 atom stereocenters. The minimum Gasteiger partial charge on any atom is -0.419 e. The topological polar surface area (TPSA) is 53.1 Å². The van der Waals surface area contributed by atoms with E-state index in [2.05, 4.69) is 4.98 Å². The molecule has 4 heteroatoms. The molecule has 1 aromatic carbocycles. The van der Waals surface area contributed by atoms with Crippen LogP contribution in [0.3, 0.4) is 0 Å². The molecule has 0 spiro atoms. The number of hydrogen-bond acceptors (Lipinski definition) is 4. The largest absolute Gasteiger partial charge is 0.419 e. The normalized spacial score (nSPS) is 10.0. The Balaban J connectivity index is 2.51. The van der Waals surface area contributed by atoms with E-state index >= 15 is 0 Å². The van der Waals surface area contributed by atoms with Gasteiger partial charge in [0.2, 0.25) is 17.5 Å². The molecule has 1 heterocycles. The molecule has 0 aliphatic heterocycles. The zero-order valence-electron chi connectivity index (χ0n) is 10.1. The SMILES string of the molecule is Cc1cccc(-c2nc(C#N)c(N(C)C)o2)c1. The van der Waals surface area contributed by atoms with Crippen LogP contribution in [0.1, 0.15) is 11.3 Å². The van der Waals surface area contributed by atoms with Crippen LogP contribution in [0, 0.1) is 18.3 Å². The Morgan fingerprint density at radius 3 is 2.65 bits per heavy atom. The van der Waals surface area contributed by atoms with Crippen molar-refractivity contribution in [1.29, 1.82) is 5.26 Å². The first-order valence-corrected chi connectivity index (χ1v) is 5.27. The van der Waals surface area contributed by atoms with Crippen LogP contribution >= 0.6 is 0 Å². The van der Waals surface area contributed by atoms with Crippen LogP contribution in [0.15, 0.2) is 28.7 Å². The molecule has 0 bridgehead atoms. The third kappa shape index (κ3) is 2.13. The van der Waals surface area contributed by atoms with E-state index in [4.69, 9.17) is 9.68 Å². The van der Waals surface area contributed by atoms with E-state index in [9.17, 15) is 0 Å². The first-order valence-electron chi connectivity index (χ1n) is 5.27. The number of rotatable bonds is 2. The average Bonchev–Trinajstić information content (AvgIpc) is 2.73. The molecule has 4 nitrogen and oxygen atoms in total. The highest BCUT2D eigenvalue weighted by atomic mass is 16.4. The zero-order valence-corrected chi connectivity index (χ0v) is 10.1. The third-order valence-electron chi connectivity index (χ3n) is 2.39. The van der Waals surface area contributed by atoms with Gasteiger partial charge in [0.15, 0.2) is 0 Å². The molecule has 0 aliphatic rings. The highest BCUT2D eigenvalue weighted by Gasteiger charge is 2.15. The van der Waals surface area contributed by atoms with Crippen molar-refractivity contribution in [2.45, 2.75) is 6.92 Å². The van der Waals surface area contributed by atoms with Crippen LogP contribution in [-0.2, 0) is 0 Å². The van der Waals surface area contributed by atoms with Gasteiger partial charge in [0, 0.05) is 19.7 Å². The molecule has 0 aliphatic carbocycles. The van der Waals surface area contributed by atoms with Crippen molar-refractivity contribution in [3.63, 3.8) is 0 Å². The highest BCUT2D eigenvalue weighted by molar-refractivity contribution is 5.59. The van der Waals surface area contributed by atoms with Crippen molar-refractivity contribution in [1.82, 2.24) is 4.98 Å². The fourth-order valence-electron chi connectivity index (χ4n) is 1.59. The monoisotopic (exact) mass is 227 g/mol. The van der Waals surface area contributed by atoms with Gasteiger partial charge in [-0.25, -0.2) is 0 Å². The minimum absolute atomic E-state index is 0.312. The molecule has 17 heavy (non-hydrogen) atoms. The average molecular weight is 227 g/mol. The van der Waals surface area contributed by atoms with Gasteiger partial charge in [-0.2, -0.15) is 10.2 Å². The van der Waals surface area contributed by atoms with Gasteiger partial charge in [-0.05, 0) is 19.1 Å². The maximum atomic E-state index is 8.98. The second kappa shape index (κ2) is 4.30. The van der Waals surface area contributed by atoms with Crippen LogP contribution in [0.4, 0.5) is 5.88 Å². The van der Waals surface area contributed by atoms with E-state index in [1.165, 1.54) is 0 Å². The third-order valence-corrected chi connectivity index (χ3v) is 2.39. The molecule has 0 radical (unpaired) electrons. The Labute approximate surface area is 100 Å². The lowest BCUT2D eigenvalue weighted by atomic mass is 10.1. The Bertz CT molecular complexity index is 579. The number of aromatic nitrogens is 1. The number of benzene rings is 1. The number of anilines is 1. The molecule has 2 aromatic rings. The molecule has 1 aromatic heterocycles. The predicted molar refractivity (Wildman–Crippen MR) is 65.7 cm³/mol. The second-order valence-electron chi connectivity index (χ2n) is 4.05. The summed E-state index contributed by atoms with van der Waals surface area (Å²) in [6.45, 7) is 2.00. The fraction of sp³-hybridized carbons (Fsp3) is 0.231. The van der Waals surface area contributed by atoms with Crippen LogP contribution in [0.5, 0.6) is 0 Å². The summed E-state index contributed by atoms with van der Waals surface area (Å²) in [6, 6.07) is 9.88. The molecule has 86 valence electrons. The molecule has 0 saturated heterocycles. The summed E-state index contributed by atoms with van der Waals surface area (Å²) in [4.78, 5) is 5.93. The van der Waals surface area contributed by atoms with E-state index in [-0.39, 0.29) is 0 Å². The number of hydrogen-bond donors (Lipinski definition) is 0. The molecule has 0 amide bonds. The molecule has 0 fully saturated rings. The summed E-state index contributed by atoms with van der Waals surface area (Å²) in [5.74, 6) is 0.970. The van der Waals surface area contributed by atoms with Crippen LogP contribution in [0.2, 0.25) is 0 Å². The van der Waals surface area contributed by atoms with E-state index in [0.717, 1.165) is 11.1 Å². The van der Waals surface area contributed by atoms with Crippen molar-refractivity contribution in [2.24, 2.45) is 0 Å². The van der Waals surface area contributed by atoms with Gasteiger partial charge in [0.1, 0.15) is 6.07 Å². The molecule has 2 rings (SSSR count). The van der Waals surface area contributed by atoms with E-state index in [0.29, 0.717) is 17.5 Å². The van der Waals surface area contributed by atoms with Crippen molar-refractivity contribution in [3.05, 3.63) is 35.5 Å².